The van der Waals surface area contributed by atoms with Gasteiger partial charge in [0, 0.05) is 0 Å². The van der Waals surface area contributed by atoms with Gasteiger partial charge < -0.3 is 9.29 Å². The van der Waals surface area contributed by atoms with Crippen molar-refractivity contribution in [2.45, 2.75) is 45.2 Å². The first kappa shape index (κ1) is 28.3. The Bertz CT molecular complexity index is 991. The monoisotopic (exact) mass is 604 g/mol. The molecule has 0 aliphatic carbocycles. The van der Waals surface area contributed by atoms with E-state index in [4.69, 9.17) is 13.5 Å². The summed E-state index contributed by atoms with van der Waals surface area (Å²) in [5.41, 5.74) is -2.43. The quantitative estimate of drug-likeness (QED) is 0.276. The predicted octanol–water partition coefficient (Wildman–Crippen LogP) is 3.76. The molecule has 34 heavy (non-hydrogen) atoms. The Morgan fingerprint density at radius 3 is 1.85 bits per heavy atom. The molecule has 0 saturated carbocycles. The Hall–Kier alpha value is -1.91. The van der Waals surface area contributed by atoms with Crippen molar-refractivity contribution in [1.29, 1.82) is 0 Å². The zero-order chi connectivity index (χ0) is 25.0. The fourth-order valence-corrected chi connectivity index (χ4v) is 5.26. The first-order valence-corrected chi connectivity index (χ1v) is 14.1. The van der Waals surface area contributed by atoms with Crippen LogP contribution in [0.3, 0.4) is 0 Å². The molecule has 0 fully saturated rings. The van der Waals surface area contributed by atoms with Crippen molar-refractivity contribution in [3.8, 4) is 5.75 Å². The summed E-state index contributed by atoms with van der Waals surface area (Å²) in [7, 11) is 0. The van der Waals surface area contributed by atoms with E-state index in [2.05, 4.69) is 92.7 Å². The van der Waals surface area contributed by atoms with Gasteiger partial charge in [0.15, 0.2) is 7.14 Å². The Kier molecular flexibility index (Phi) is 12.1. The van der Waals surface area contributed by atoms with E-state index in [1.54, 1.807) is 0 Å². The Labute approximate surface area is 212 Å². The molecule has 0 aliphatic rings. The van der Waals surface area contributed by atoms with Crippen LogP contribution in [0, 0.1) is 13.1 Å². The number of alkyl halides is 3. The van der Waals surface area contributed by atoms with Gasteiger partial charge in [-0.25, -0.2) is 0 Å². The molecule has 0 N–H and O–H groups in total. The van der Waals surface area contributed by atoms with Crippen LogP contribution >= 0.6 is 0 Å². The summed E-state index contributed by atoms with van der Waals surface area (Å²) in [4.78, 5) is 0. The molecule has 0 aliphatic heterocycles. The third-order valence-electron chi connectivity index (χ3n) is 5.06. The van der Waals surface area contributed by atoms with Crippen molar-refractivity contribution in [3.05, 3.63) is 97.1 Å². The van der Waals surface area contributed by atoms with Gasteiger partial charge in [0.1, 0.15) is 12.4 Å². The summed E-state index contributed by atoms with van der Waals surface area (Å²) in [6.07, 6.45) is 3.69. The second-order valence-electron chi connectivity index (χ2n) is 7.52. The van der Waals surface area contributed by atoms with Crippen LogP contribution in [0.1, 0.15) is 37.8 Å². The normalized spacial score (nSPS) is 12.1. The van der Waals surface area contributed by atoms with Crippen molar-refractivity contribution < 1.29 is 47.9 Å². The van der Waals surface area contributed by atoms with E-state index in [-0.39, 0.29) is 21.2 Å². The van der Waals surface area contributed by atoms with Gasteiger partial charge in [-0.2, -0.15) is 13.2 Å². The van der Waals surface area contributed by atoms with Gasteiger partial charge in [-0.05, 0) is 59.9 Å². The smallest absolute Gasteiger partial charge is 0.458 e. The third-order valence-corrected chi connectivity index (χ3v) is 8.12. The van der Waals surface area contributed by atoms with Crippen LogP contribution in [0.2, 0.25) is 0 Å². The average Bonchev–Trinajstić information content (AvgIpc) is 2.83. The Morgan fingerprint density at radius 2 is 1.35 bits per heavy atom. The Balaban J connectivity index is 0.000000509. The zero-order valence-electron chi connectivity index (χ0n) is 19.1. The summed E-state index contributed by atoms with van der Waals surface area (Å²) in [6, 6.07) is 28.2. The van der Waals surface area contributed by atoms with Gasteiger partial charge in [-0.3, -0.25) is 4.21 Å². The number of hydrogen-bond donors (Lipinski definition) is 0. The van der Waals surface area contributed by atoms with Crippen LogP contribution in [0.25, 0.3) is 0 Å². The molecule has 0 bridgehead atoms. The molecule has 1 unspecified atom stereocenters. The van der Waals surface area contributed by atoms with E-state index in [1.165, 1.54) is 37.5 Å². The number of benzene rings is 3. The van der Waals surface area contributed by atoms with Gasteiger partial charge >= 0.3 is 26.7 Å². The largest absolute Gasteiger partial charge is 0.766 e. The second kappa shape index (κ2) is 14.5. The van der Waals surface area contributed by atoms with Gasteiger partial charge in [0.2, 0.25) is 0 Å². The van der Waals surface area contributed by atoms with Crippen molar-refractivity contribution in [2.24, 2.45) is 5.92 Å². The van der Waals surface area contributed by atoms with Crippen LogP contribution in [0.4, 0.5) is 13.2 Å². The minimum atomic E-state index is -5.08. The lowest BCUT2D eigenvalue weighted by molar-refractivity contribution is -0.597. The molecule has 0 aromatic heterocycles. The van der Waals surface area contributed by atoms with Crippen molar-refractivity contribution >= 4 is 11.1 Å². The average molecular weight is 604 g/mol. The van der Waals surface area contributed by atoms with Crippen LogP contribution in [-0.4, -0.2) is 14.3 Å². The highest BCUT2D eigenvalue weighted by molar-refractivity contribution is 7.80. The van der Waals surface area contributed by atoms with Crippen molar-refractivity contribution in [3.63, 3.8) is 0 Å². The Morgan fingerprint density at radius 1 is 0.853 bits per heavy atom. The summed E-state index contributed by atoms with van der Waals surface area (Å²) in [5.74, 6) is 1.74. The van der Waals surface area contributed by atoms with Crippen molar-refractivity contribution in [1.82, 2.24) is 0 Å². The molecule has 3 aromatic rings. The first-order valence-electron chi connectivity index (χ1n) is 10.9. The summed E-state index contributed by atoms with van der Waals surface area (Å²) in [6.45, 7) is 5.19. The first-order chi connectivity index (χ1) is 16.2. The fraction of sp³-hybridized carbons (Fsp3) is 0.308. The minimum Gasteiger partial charge on any atom is -0.766 e. The fourth-order valence-electron chi connectivity index (χ4n) is 3.05. The third kappa shape index (κ3) is 10.6. The molecule has 184 valence electrons. The molecule has 0 saturated heterocycles. The molecule has 0 amide bonds. The second-order valence-corrected chi connectivity index (χ2v) is 11.5. The van der Waals surface area contributed by atoms with Crippen LogP contribution in [-0.2, 0) is 24.1 Å². The van der Waals surface area contributed by atoms with Gasteiger partial charge in [-0.1, -0.05) is 69.2 Å². The number of ether oxygens (including phenoxy) is 1. The molecule has 0 radical (unpaired) electrons. The predicted molar refractivity (Wildman–Crippen MR) is 124 cm³/mol. The number of hydrogen-bond acceptors (Lipinski definition) is 3. The minimum absolute atomic E-state index is 0.109. The summed E-state index contributed by atoms with van der Waals surface area (Å²) in [5, 5.41) is 0. The van der Waals surface area contributed by atoms with E-state index >= 15 is 0 Å². The number of rotatable bonds is 9. The van der Waals surface area contributed by atoms with E-state index in [0.717, 1.165) is 11.7 Å². The lowest BCUT2D eigenvalue weighted by Gasteiger charge is -2.12. The molecule has 3 nitrogen and oxygen atoms in total. The molecule has 0 heterocycles. The molecule has 0 spiro atoms. The summed E-state index contributed by atoms with van der Waals surface area (Å²) >= 11 is -4.04. The highest BCUT2D eigenvalue weighted by atomic mass is 127. The molecule has 1 atom stereocenters. The highest BCUT2D eigenvalue weighted by Gasteiger charge is 2.28. The zero-order valence-corrected chi connectivity index (χ0v) is 22.0. The molecule has 3 aromatic carbocycles. The standard InChI is InChI=1S/C25H28IO.CHF3O2S/c1-3-20(4-2)18-21-10-12-22(13-11-21)19-27-25-16-14-24(15-17-25)26-23-8-6-5-7-9-23;2-1(3,4)7(5)6/h5-17,20H,3-4,18-19H2,1-2H3;(H,5,6)/q+1;/p-1. The lowest BCUT2D eigenvalue weighted by atomic mass is 9.94. The van der Waals surface area contributed by atoms with E-state index in [1.807, 2.05) is 0 Å². The lowest BCUT2D eigenvalue weighted by Crippen LogP contribution is -3.61. The van der Waals surface area contributed by atoms with E-state index in [0.29, 0.717) is 6.61 Å². The molecular weight excluding hydrogens is 576 g/mol. The SMILES string of the molecule is CCC(CC)Cc1ccc(COc2ccc([I+]c3ccccc3)cc2)cc1.O=S([O-])C(F)(F)F. The van der Waals surface area contributed by atoms with Gasteiger partial charge in [0.05, 0.1) is 11.1 Å². The number of halogens is 4. The van der Waals surface area contributed by atoms with Crippen LogP contribution in [0.15, 0.2) is 78.9 Å². The van der Waals surface area contributed by atoms with Gasteiger partial charge in [0.25, 0.3) is 0 Å². The maximum atomic E-state index is 10.6. The van der Waals surface area contributed by atoms with Crippen molar-refractivity contribution in [2.75, 3.05) is 0 Å². The van der Waals surface area contributed by atoms with Gasteiger partial charge in [-0.15, -0.1) is 0 Å². The maximum absolute atomic E-state index is 10.6. The van der Waals surface area contributed by atoms with E-state index < -0.39 is 16.6 Å². The van der Waals surface area contributed by atoms with E-state index in [9.17, 15) is 13.2 Å². The summed E-state index contributed by atoms with van der Waals surface area (Å²) < 4.78 is 58.3. The maximum Gasteiger partial charge on any atom is 0.458 e. The molecular formula is C26H28F3IO3S. The highest BCUT2D eigenvalue weighted by Crippen LogP contribution is 2.18. The van der Waals surface area contributed by atoms with Crippen LogP contribution in [0.5, 0.6) is 5.75 Å². The molecule has 3 rings (SSSR count). The topological polar surface area (TPSA) is 49.4 Å². The molecule has 8 heteroatoms. The van der Waals surface area contributed by atoms with Crippen LogP contribution < -0.4 is 25.9 Å².